The van der Waals surface area contributed by atoms with Crippen molar-refractivity contribution in [1.82, 2.24) is 4.90 Å². The normalized spacial score (nSPS) is 11.6. The lowest BCUT2D eigenvalue weighted by Gasteiger charge is -2.20. The predicted octanol–water partition coefficient (Wildman–Crippen LogP) is 5.43. The Balaban J connectivity index is 1.61. The molecular weight excluding hydrogens is 371 g/mol. The van der Waals surface area contributed by atoms with Crippen LogP contribution < -0.4 is 4.74 Å². The highest BCUT2D eigenvalue weighted by Gasteiger charge is 2.29. The number of rotatable bonds is 7. The first-order valence-corrected chi connectivity index (χ1v) is 8.92. The van der Waals surface area contributed by atoms with E-state index in [4.69, 9.17) is 9.15 Å². The number of ether oxygens (including phenoxy) is 1. The zero-order valence-corrected chi connectivity index (χ0v) is 15.3. The van der Waals surface area contributed by atoms with Crippen molar-refractivity contribution in [2.45, 2.75) is 26.1 Å². The molecule has 3 aromatic rings. The average molecular weight is 391 g/mol. The van der Waals surface area contributed by atoms with Crippen LogP contribution in [-0.4, -0.2) is 30.1 Å². The van der Waals surface area contributed by atoms with Gasteiger partial charge < -0.3 is 14.1 Å². The molecule has 0 radical (unpaired) electrons. The number of hydrogen-bond donors (Lipinski definition) is 0. The third-order valence-corrected chi connectivity index (χ3v) is 4.31. The molecule has 0 N–H and O–H groups in total. The molecule has 0 aliphatic heterocycles. The lowest BCUT2D eigenvalue weighted by atomic mass is 10.1. The van der Waals surface area contributed by atoms with E-state index in [0.29, 0.717) is 11.5 Å². The van der Waals surface area contributed by atoms with Crippen LogP contribution >= 0.6 is 0 Å². The molecule has 0 atom stereocenters. The highest BCUT2D eigenvalue weighted by molar-refractivity contribution is 5.91. The number of carbonyl (C=O) groups is 1. The molecule has 1 aromatic heterocycles. The molecule has 0 aliphatic rings. The van der Waals surface area contributed by atoms with Gasteiger partial charge in [-0.2, -0.15) is 13.2 Å². The molecule has 148 valence electrons. The van der Waals surface area contributed by atoms with Gasteiger partial charge in [-0.1, -0.05) is 30.3 Å². The summed E-state index contributed by atoms with van der Waals surface area (Å²) in [5.41, 5.74) is 0. The number of hydrogen-bond acceptors (Lipinski definition) is 3. The number of fused-ring (bicyclic) bond motifs is 1. The van der Waals surface area contributed by atoms with Gasteiger partial charge in [0.1, 0.15) is 18.1 Å². The van der Waals surface area contributed by atoms with E-state index in [1.165, 1.54) is 6.07 Å². The molecule has 0 saturated heterocycles. The maximum atomic E-state index is 12.4. The highest BCUT2D eigenvalue weighted by Crippen LogP contribution is 2.23. The summed E-state index contributed by atoms with van der Waals surface area (Å²) in [7, 11) is 0. The van der Waals surface area contributed by atoms with Gasteiger partial charge in [0.05, 0.1) is 6.42 Å². The summed E-state index contributed by atoms with van der Waals surface area (Å²) < 4.78 is 48.4. The molecule has 28 heavy (non-hydrogen) atoms. The topological polar surface area (TPSA) is 42.7 Å². The second kappa shape index (κ2) is 8.37. The van der Waals surface area contributed by atoms with Gasteiger partial charge in [-0.25, -0.2) is 0 Å². The zero-order valence-electron chi connectivity index (χ0n) is 15.3. The molecule has 4 nitrogen and oxygen atoms in total. The monoisotopic (exact) mass is 391 g/mol. The zero-order chi connectivity index (χ0) is 20.1. The molecule has 1 heterocycles. The summed E-state index contributed by atoms with van der Waals surface area (Å²) in [6.07, 6.45) is -5.36. The van der Waals surface area contributed by atoms with Crippen LogP contribution in [0.15, 0.2) is 59.0 Å². The second-order valence-electron chi connectivity index (χ2n) is 6.31. The van der Waals surface area contributed by atoms with Crippen LogP contribution in [0.4, 0.5) is 13.2 Å². The minimum atomic E-state index is -4.31. The third-order valence-electron chi connectivity index (χ3n) is 4.31. The van der Waals surface area contributed by atoms with Gasteiger partial charge in [0.2, 0.25) is 0 Å². The summed E-state index contributed by atoms with van der Waals surface area (Å²) in [5, 5.41) is 2.14. The molecule has 0 saturated carbocycles. The van der Waals surface area contributed by atoms with Crippen LogP contribution in [0.5, 0.6) is 5.75 Å². The van der Waals surface area contributed by atoms with Crippen LogP contribution in [0, 0.1) is 0 Å². The molecule has 2 aromatic carbocycles. The fourth-order valence-corrected chi connectivity index (χ4v) is 2.80. The first-order chi connectivity index (χ1) is 13.4. The van der Waals surface area contributed by atoms with Crippen LogP contribution in [0.3, 0.4) is 0 Å². The largest absolute Gasteiger partial charge is 0.486 e. The Morgan fingerprint density at radius 3 is 2.54 bits per heavy atom. The van der Waals surface area contributed by atoms with Gasteiger partial charge in [-0.05, 0) is 42.0 Å². The van der Waals surface area contributed by atoms with E-state index in [1.807, 2.05) is 42.5 Å². The van der Waals surface area contributed by atoms with E-state index >= 15 is 0 Å². The van der Waals surface area contributed by atoms with Crippen LogP contribution in [-0.2, 0) is 6.61 Å². The van der Waals surface area contributed by atoms with E-state index < -0.39 is 25.0 Å². The van der Waals surface area contributed by atoms with Crippen LogP contribution in [0.2, 0.25) is 0 Å². The smallest absolute Gasteiger partial charge is 0.390 e. The van der Waals surface area contributed by atoms with Crippen molar-refractivity contribution in [2.24, 2.45) is 0 Å². The third kappa shape index (κ3) is 5.06. The number of furan rings is 1. The molecule has 7 heteroatoms. The van der Waals surface area contributed by atoms with Crippen molar-refractivity contribution in [3.05, 3.63) is 66.1 Å². The Hall–Kier alpha value is -2.96. The summed E-state index contributed by atoms with van der Waals surface area (Å²) >= 11 is 0. The molecule has 0 spiro atoms. The van der Waals surface area contributed by atoms with Crippen molar-refractivity contribution in [3.8, 4) is 5.75 Å². The van der Waals surface area contributed by atoms with E-state index in [0.717, 1.165) is 15.7 Å². The van der Waals surface area contributed by atoms with Gasteiger partial charge >= 0.3 is 6.18 Å². The Morgan fingerprint density at radius 2 is 1.82 bits per heavy atom. The molecular formula is C21H20F3NO3. The number of benzene rings is 2. The first kappa shape index (κ1) is 19.8. The van der Waals surface area contributed by atoms with E-state index in [9.17, 15) is 18.0 Å². The standard InChI is InChI=1S/C21H20F3NO3/c1-2-25(12-11-21(22,23)24)20(26)19-10-9-18(28-19)14-27-17-8-7-15-5-3-4-6-16(15)13-17/h3-10,13H,2,11-12,14H2,1H3. The first-order valence-electron chi connectivity index (χ1n) is 8.92. The average Bonchev–Trinajstić information content (AvgIpc) is 3.14. The van der Waals surface area contributed by atoms with Gasteiger partial charge in [-0.3, -0.25) is 4.79 Å². The number of nitrogens with zero attached hydrogens (tertiary/aromatic N) is 1. The van der Waals surface area contributed by atoms with Crippen LogP contribution in [0.25, 0.3) is 10.8 Å². The summed E-state index contributed by atoms with van der Waals surface area (Å²) in [4.78, 5) is 13.5. The van der Waals surface area contributed by atoms with E-state index in [2.05, 4.69) is 0 Å². The fourth-order valence-electron chi connectivity index (χ4n) is 2.80. The molecule has 0 aliphatic carbocycles. The minimum Gasteiger partial charge on any atom is -0.486 e. The number of halogens is 3. The Kier molecular flexibility index (Phi) is 5.92. The maximum absolute atomic E-state index is 12.4. The summed E-state index contributed by atoms with van der Waals surface area (Å²) in [6.45, 7) is 1.50. The molecule has 0 bridgehead atoms. The maximum Gasteiger partial charge on any atom is 0.390 e. The predicted molar refractivity (Wildman–Crippen MR) is 99.2 cm³/mol. The fraction of sp³-hybridized carbons (Fsp3) is 0.286. The van der Waals surface area contributed by atoms with Crippen LogP contribution in [0.1, 0.15) is 29.7 Å². The van der Waals surface area contributed by atoms with Crippen molar-refractivity contribution >= 4 is 16.7 Å². The molecule has 1 amide bonds. The second-order valence-corrected chi connectivity index (χ2v) is 6.31. The van der Waals surface area contributed by atoms with Gasteiger partial charge in [0.25, 0.3) is 5.91 Å². The van der Waals surface area contributed by atoms with E-state index in [1.54, 1.807) is 13.0 Å². The lowest BCUT2D eigenvalue weighted by Crippen LogP contribution is -2.33. The van der Waals surface area contributed by atoms with Crippen molar-refractivity contribution < 1.29 is 27.1 Å². The highest BCUT2D eigenvalue weighted by atomic mass is 19.4. The van der Waals surface area contributed by atoms with Crippen molar-refractivity contribution in [2.75, 3.05) is 13.1 Å². The number of alkyl halides is 3. The Bertz CT molecular complexity index is 949. The summed E-state index contributed by atoms with van der Waals surface area (Å²) in [6, 6.07) is 16.6. The Labute approximate surface area is 160 Å². The van der Waals surface area contributed by atoms with Crippen molar-refractivity contribution in [1.29, 1.82) is 0 Å². The molecule has 0 fully saturated rings. The van der Waals surface area contributed by atoms with E-state index in [-0.39, 0.29) is 18.9 Å². The van der Waals surface area contributed by atoms with Gasteiger partial charge in [0, 0.05) is 13.1 Å². The van der Waals surface area contributed by atoms with Crippen molar-refractivity contribution in [3.63, 3.8) is 0 Å². The van der Waals surface area contributed by atoms with Gasteiger partial charge in [-0.15, -0.1) is 0 Å². The summed E-state index contributed by atoms with van der Waals surface area (Å²) in [5.74, 6) is 0.511. The Morgan fingerprint density at radius 1 is 1.07 bits per heavy atom. The quantitative estimate of drug-likeness (QED) is 0.540. The minimum absolute atomic E-state index is 0.00105. The SMILES string of the molecule is CCN(CCC(F)(F)F)C(=O)c1ccc(COc2ccc3ccccc3c2)o1. The molecule has 3 rings (SSSR count). The number of carbonyl (C=O) groups excluding carboxylic acids is 1. The lowest BCUT2D eigenvalue weighted by molar-refractivity contribution is -0.136. The number of amides is 1. The molecule has 0 unspecified atom stereocenters. The van der Waals surface area contributed by atoms with Gasteiger partial charge in [0.15, 0.2) is 5.76 Å².